The maximum Gasteiger partial charge on any atom is 0.387 e. The van der Waals surface area contributed by atoms with Gasteiger partial charge in [0, 0.05) is 0 Å². The molecular weight excluding hydrogens is 473 g/mol. The average molecular weight is 487 g/mol. The minimum atomic E-state index is -3.10. The number of fused-ring (bicyclic) bond motifs is 1. The maximum atomic E-state index is 12.6. The van der Waals surface area contributed by atoms with Gasteiger partial charge in [0.25, 0.3) is 17.7 Å². The van der Waals surface area contributed by atoms with E-state index in [4.69, 9.17) is 27.9 Å². The summed E-state index contributed by atoms with van der Waals surface area (Å²) in [6.45, 7) is -2.65. The Bertz CT molecular complexity index is 1070. The Labute approximate surface area is 190 Å². The van der Waals surface area contributed by atoms with Gasteiger partial charge in [-0.1, -0.05) is 35.3 Å². The van der Waals surface area contributed by atoms with Gasteiger partial charge in [0.15, 0.2) is 6.61 Å². The van der Waals surface area contributed by atoms with Gasteiger partial charge in [-0.25, -0.2) is 4.79 Å². The van der Waals surface area contributed by atoms with Crippen LogP contribution in [-0.4, -0.2) is 47.9 Å². The third-order valence-corrected chi connectivity index (χ3v) is 5.13. The fourth-order valence-corrected chi connectivity index (χ4v) is 3.25. The van der Waals surface area contributed by atoms with Crippen molar-refractivity contribution in [2.24, 2.45) is 0 Å². The fraction of sp³-hybridized carbons (Fsp3) is 0.200. The lowest BCUT2D eigenvalue weighted by Crippen LogP contribution is -2.44. The van der Waals surface area contributed by atoms with E-state index in [1.165, 1.54) is 43.3 Å². The van der Waals surface area contributed by atoms with Crippen molar-refractivity contribution in [3.8, 4) is 5.75 Å². The van der Waals surface area contributed by atoms with Crippen LogP contribution >= 0.6 is 23.2 Å². The summed E-state index contributed by atoms with van der Waals surface area (Å²) >= 11 is 11.8. The lowest BCUT2D eigenvalue weighted by Gasteiger charge is -2.20. The predicted molar refractivity (Wildman–Crippen MR) is 109 cm³/mol. The number of halogens is 4. The Kier molecular flexibility index (Phi) is 6.95. The molecule has 0 aromatic heterocycles. The number of anilines is 1. The molecule has 0 radical (unpaired) electrons. The summed E-state index contributed by atoms with van der Waals surface area (Å²) in [5.74, 6) is -3.70. The van der Waals surface area contributed by atoms with Crippen LogP contribution in [0.25, 0.3) is 0 Å². The van der Waals surface area contributed by atoms with Gasteiger partial charge in [-0.2, -0.15) is 8.78 Å². The third kappa shape index (κ3) is 4.81. The molecule has 0 saturated carbocycles. The Morgan fingerprint density at radius 1 is 1.06 bits per heavy atom. The van der Waals surface area contributed by atoms with Crippen LogP contribution in [0.2, 0.25) is 10.0 Å². The molecule has 168 valence electrons. The van der Waals surface area contributed by atoms with Crippen molar-refractivity contribution in [2.45, 2.75) is 19.6 Å². The van der Waals surface area contributed by atoms with Gasteiger partial charge in [-0.05, 0) is 31.2 Å². The number of amides is 3. The monoisotopic (exact) mass is 486 g/mol. The molecule has 0 spiro atoms. The highest BCUT2D eigenvalue weighted by Gasteiger charge is 2.42. The van der Waals surface area contributed by atoms with Crippen LogP contribution < -0.4 is 10.1 Å². The minimum absolute atomic E-state index is 0.0163. The molecule has 32 heavy (non-hydrogen) atoms. The van der Waals surface area contributed by atoms with E-state index in [9.17, 15) is 28.0 Å². The molecule has 0 bridgehead atoms. The number of hydrogen-bond donors (Lipinski definition) is 1. The summed E-state index contributed by atoms with van der Waals surface area (Å²) in [4.78, 5) is 50.2. The zero-order valence-electron chi connectivity index (χ0n) is 16.2. The molecule has 3 rings (SSSR count). The van der Waals surface area contributed by atoms with Gasteiger partial charge >= 0.3 is 12.6 Å². The zero-order valence-corrected chi connectivity index (χ0v) is 17.7. The van der Waals surface area contributed by atoms with Crippen molar-refractivity contribution in [3.63, 3.8) is 0 Å². The summed E-state index contributed by atoms with van der Waals surface area (Å²) in [5.41, 5.74) is -0.0918. The van der Waals surface area contributed by atoms with E-state index in [0.717, 1.165) is 0 Å². The number of ether oxygens (including phenoxy) is 2. The summed E-state index contributed by atoms with van der Waals surface area (Å²) in [6.07, 6.45) is 0. The second-order valence-electron chi connectivity index (χ2n) is 6.50. The zero-order chi connectivity index (χ0) is 23.6. The highest BCUT2D eigenvalue weighted by Crippen LogP contribution is 2.32. The number of alkyl halides is 2. The first-order valence-electron chi connectivity index (χ1n) is 8.97. The van der Waals surface area contributed by atoms with E-state index >= 15 is 0 Å². The number of carbonyl (C=O) groups is 4. The third-order valence-electron chi connectivity index (χ3n) is 4.41. The van der Waals surface area contributed by atoms with E-state index in [1.807, 2.05) is 0 Å². The standard InChI is InChI=1S/C20H14Cl2F2N2O6/c1-9(26-17(28)10-6-12(21)13(22)7-11(10)18(26)29)19(30)31-8-16(27)25-14-4-2-3-5-15(14)32-20(23)24/h2-7,9,20H,8H2,1H3,(H,25,27). The topological polar surface area (TPSA) is 102 Å². The molecule has 1 heterocycles. The molecule has 0 aliphatic carbocycles. The predicted octanol–water partition coefficient (Wildman–Crippen LogP) is 3.76. The van der Waals surface area contributed by atoms with E-state index < -0.39 is 43.0 Å². The molecule has 1 N–H and O–H groups in total. The number of esters is 1. The van der Waals surface area contributed by atoms with Crippen molar-refractivity contribution in [3.05, 3.63) is 57.6 Å². The first-order valence-corrected chi connectivity index (χ1v) is 9.73. The molecule has 1 unspecified atom stereocenters. The highest BCUT2D eigenvalue weighted by molar-refractivity contribution is 6.43. The molecule has 1 aliphatic rings. The van der Waals surface area contributed by atoms with Crippen LogP contribution in [0.4, 0.5) is 14.5 Å². The van der Waals surface area contributed by atoms with Gasteiger partial charge in [0.1, 0.15) is 11.8 Å². The van der Waals surface area contributed by atoms with Crippen molar-refractivity contribution in [2.75, 3.05) is 11.9 Å². The number of para-hydroxylation sites is 2. The first-order chi connectivity index (χ1) is 15.1. The van der Waals surface area contributed by atoms with E-state index in [-0.39, 0.29) is 32.6 Å². The van der Waals surface area contributed by atoms with Crippen LogP contribution in [-0.2, 0) is 14.3 Å². The maximum absolute atomic E-state index is 12.6. The smallest absolute Gasteiger partial charge is 0.387 e. The lowest BCUT2D eigenvalue weighted by atomic mass is 10.1. The van der Waals surface area contributed by atoms with Gasteiger partial charge in [-0.15, -0.1) is 0 Å². The number of nitrogens with one attached hydrogen (secondary N) is 1. The quantitative estimate of drug-likeness (QED) is 0.472. The van der Waals surface area contributed by atoms with Gasteiger partial charge in [0.05, 0.1) is 26.9 Å². The number of nitrogens with zero attached hydrogens (tertiary/aromatic N) is 1. The number of imide groups is 1. The Morgan fingerprint density at radius 2 is 1.62 bits per heavy atom. The average Bonchev–Trinajstić information content (AvgIpc) is 2.96. The van der Waals surface area contributed by atoms with Crippen LogP contribution in [0.15, 0.2) is 36.4 Å². The Morgan fingerprint density at radius 3 is 2.19 bits per heavy atom. The first kappa shape index (κ1) is 23.4. The van der Waals surface area contributed by atoms with Gasteiger partial charge in [0.2, 0.25) is 0 Å². The largest absolute Gasteiger partial charge is 0.454 e. The van der Waals surface area contributed by atoms with Crippen LogP contribution in [0.3, 0.4) is 0 Å². The number of hydrogen-bond acceptors (Lipinski definition) is 6. The number of rotatable bonds is 7. The summed E-state index contributed by atoms with van der Waals surface area (Å²) in [6, 6.07) is 6.53. The molecule has 1 aliphatic heterocycles. The Hall–Kier alpha value is -3.24. The molecule has 0 saturated heterocycles. The molecule has 0 fully saturated rings. The number of carbonyl (C=O) groups excluding carboxylic acids is 4. The van der Waals surface area contributed by atoms with E-state index in [0.29, 0.717) is 4.90 Å². The van der Waals surface area contributed by atoms with Crippen LogP contribution in [0.5, 0.6) is 5.75 Å². The van der Waals surface area contributed by atoms with E-state index in [1.54, 1.807) is 0 Å². The van der Waals surface area contributed by atoms with Crippen molar-refractivity contribution >= 4 is 52.6 Å². The minimum Gasteiger partial charge on any atom is -0.454 e. The van der Waals surface area contributed by atoms with Crippen LogP contribution in [0.1, 0.15) is 27.6 Å². The van der Waals surface area contributed by atoms with Crippen molar-refractivity contribution in [1.82, 2.24) is 4.90 Å². The molecule has 2 aromatic carbocycles. The van der Waals surface area contributed by atoms with E-state index in [2.05, 4.69) is 10.1 Å². The highest BCUT2D eigenvalue weighted by atomic mass is 35.5. The molecule has 1 atom stereocenters. The Balaban J connectivity index is 1.63. The summed E-state index contributed by atoms with van der Waals surface area (Å²) < 4.78 is 34.1. The van der Waals surface area contributed by atoms with Gasteiger partial charge in [-0.3, -0.25) is 19.3 Å². The molecule has 12 heteroatoms. The lowest BCUT2D eigenvalue weighted by molar-refractivity contribution is -0.150. The second-order valence-corrected chi connectivity index (χ2v) is 7.31. The second kappa shape index (κ2) is 9.49. The van der Waals surface area contributed by atoms with Gasteiger partial charge < -0.3 is 14.8 Å². The molecule has 8 nitrogen and oxygen atoms in total. The summed E-state index contributed by atoms with van der Waals surface area (Å²) in [7, 11) is 0. The fourth-order valence-electron chi connectivity index (χ4n) is 2.92. The van der Waals surface area contributed by atoms with Crippen molar-refractivity contribution < 1.29 is 37.4 Å². The normalized spacial score (nSPS) is 13.8. The summed E-state index contributed by atoms with van der Waals surface area (Å²) in [5, 5.41) is 2.40. The molecule has 3 amide bonds. The molecular formula is C20H14Cl2F2N2O6. The molecule has 2 aromatic rings. The van der Waals surface area contributed by atoms with Crippen LogP contribution in [0, 0.1) is 0 Å². The number of benzene rings is 2. The SMILES string of the molecule is CC(C(=O)OCC(=O)Nc1ccccc1OC(F)F)N1C(=O)c2cc(Cl)c(Cl)cc2C1=O. The van der Waals surface area contributed by atoms with Crippen molar-refractivity contribution in [1.29, 1.82) is 0 Å².